The Morgan fingerprint density at radius 2 is 1.77 bits per heavy atom. The highest BCUT2D eigenvalue weighted by molar-refractivity contribution is 4.99. The van der Waals surface area contributed by atoms with Crippen LogP contribution < -0.4 is 0 Å². The summed E-state index contributed by atoms with van der Waals surface area (Å²) in [4.78, 5) is 0. The van der Waals surface area contributed by atoms with Gasteiger partial charge in [-0.2, -0.15) is 0 Å². The van der Waals surface area contributed by atoms with Gasteiger partial charge in [0.05, 0.1) is 0 Å². The average Bonchev–Trinajstić information content (AvgIpc) is 2.14. The number of unbranched alkanes of at least 4 members (excludes halogenated alkanes) is 3. The molecule has 2 radical (unpaired) electrons. The molecule has 1 atom stereocenters. The van der Waals surface area contributed by atoms with Gasteiger partial charge in [0.15, 0.2) is 0 Å². The first-order valence-electron chi connectivity index (χ1n) is 5.35. The van der Waals surface area contributed by atoms with Crippen LogP contribution >= 0.6 is 0 Å². The Hall–Kier alpha value is -0.440. The van der Waals surface area contributed by atoms with Crippen LogP contribution in [0.15, 0.2) is 0 Å². The topological polar surface area (TPSA) is 0 Å². The fourth-order valence-corrected chi connectivity index (χ4v) is 1.14. The van der Waals surface area contributed by atoms with E-state index in [0.717, 1.165) is 38.0 Å². The average molecular weight is 178 g/mol. The van der Waals surface area contributed by atoms with E-state index in [1.54, 1.807) is 0 Å². The van der Waals surface area contributed by atoms with Crippen molar-refractivity contribution in [2.75, 3.05) is 0 Å². The fraction of sp³-hybridized carbons (Fsp3) is 0.692. The lowest BCUT2D eigenvalue weighted by atomic mass is 10.0. The molecule has 0 aliphatic heterocycles. The van der Waals surface area contributed by atoms with Crippen LogP contribution in [0.2, 0.25) is 0 Å². The van der Waals surface area contributed by atoms with Crippen molar-refractivity contribution in [1.29, 1.82) is 0 Å². The minimum Gasteiger partial charge on any atom is -0.103 e. The Morgan fingerprint density at radius 3 is 2.38 bits per heavy atom. The van der Waals surface area contributed by atoms with Gasteiger partial charge in [-0.05, 0) is 18.8 Å². The molecule has 0 aliphatic rings. The molecule has 0 spiro atoms. The smallest absolute Gasteiger partial charge is 0.0114 e. The molecule has 13 heavy (non-hydrogen) atoms. The highest BCUT2D eigenvalue weighted by atomic mass is 14.0. The predicted molar refractivity (Wildman–Crippen MR) is 60.0 cm³/mol. The summed E-state index contributed by atoms with van der Waals surface area (Å²) in [5.74, 6) is 7.16. The molecule has 0 fully saturated rings. The molecule has 0 saturated carbocycles. The lowest BCUT2D eigenvalue weighted by Gasteiger charge is -2.04. The van der Waals surface area contributed by atoms with Crippen LogP contribution in [0.1, 0.15) is 51.9 Å². The van der Waals surface area contributed by atoms with Crippen LogP contribution in [-0.4, -0.2) is 0 Å². The first-order valence-corrected chi connectivity index (χ1v) is 5.35. The lowest BCUT2D eigenvalue weighted by Crippen LogP contribution is -1.91. The van der Waals surface area contributed by atoms with Crippen LogP contribution in [0.5, 0.6) is 0 Å². The molecule has 0 amide bonds. The van der Waals surface area contributed by atoms with Crippen LogP contribution in [0.25, 0.3) is 0 Å². The van der Waals surface area contributed by atoms with E-state index in [4.69, 9.17) is 0 Å². The van der Waals surface area contributed by atoms with Gasteiger partial charge in [-0.25, -0.2) is 0 Å². The summed E-state index contributed by atoms with van der Waals surface area (Å²) in [6.45, 7) is 9.89. The van der Waals surface area contributed by atoms with Gasteiger partial charge in [0, 0.05) is 12.8 Å². The van der Waals surface area contributed by atoms with E-state index < -0.39 is 0 Å². The highest BCUT2D eigenvalue weighted by Gasteiger charge is 1.97. The third-order valence-electron chi connectivity index (χ3n) is 2.07. The SMILES string of the molecule is [CH2]CCCC#CCC(C)CCC[CH2]. The lowest BCUT2D eigenvalue weighted by molar-refractivity contribution is 0.525. The van der Waals surface area contributed by atoms with Gasteiger partial charge in [0.1, 0.15) is 0 Å². The summed E-state index contributed by atoms with van der Waals surface area (Å²) in [7, 11) is 0. The molecule has 0 saturated heterocycles. The first kappa shape index (κ1) is 12.6. The van der Waals surface area contributed by atoms with E-state index in [1.807, 2.05) is 0 Å². The maximum absolute atomic E-state index is 3.84. The molecule has 0 aromatic rings. The van der Waals surface area contributed by atoms with Crippen LogP contribution in [0.4, 0.5) is 0 Å². The van der Waals surface area contributed by atoms with Crippen LogP contribution in [-0.2, 0) is 0 Å². The van der Waals surface area contributed by atoms with Gasteiger partial charge in [0.2, 0.25) is 0 Å². The van der Waals surface area contributed by atoms with Crippen molar-refractivity contribution in [3.8, 4) is 11.8 Å². The summed E-state index contributed by atoms with van der Waals surface area (Å²) in [5, 5.41) is 0. The molecule has 0 heteroatoms. The van der Waals surface area contributed by atoms with Crippen molar-refractivity contribution >= 4 is 0 Å². The second kappa shape index (κ2) is 9.65. The molecule has 0 rings (SSSR count). The molecule has 74 valence electrons. The van der Waals surface area contributed by atoms with Crippen molar-refractivity contribution in [2.45, 2.75) is 51.9 Å². The van der Waals surface area contributed by atoms with E-state index in [-0.39, 0.29) is 0 Å². The Bertz CT molecular complexity index is 147. The number of rotatable bonds is 6. The van der Waals surface area contributed by atoms with E-state index in [0.29, 0.717) is 0 Å². The normalized spacial score (nSPS) is 11.9. The van der Waals surface area contributed by atoms with Crippen molar-refractivity contribution in [3.63, 3.8) is 0 Å². The monoisotopic (exact) mass is 178 g/mol. The molecule has 0 bridgehead atoms. The fourth-order valence-electron chi connectivity index (χ4n) is 1.14. The first-order chi connectivity index (χ1) is 6.31. The number of hydrogen-bond donors (Lipinski definition) is 0. The second-order valence-electron chi connectivity index (χ2n) is 3.62. The van der Waals surface area contributed by atoms with Crippen molar-refractivity contribution < 1.29 is 0 Å². The van der Waals surface area contributed by atoms with E-state index >= 15 is 0 Å². The maximum Gasteiger partial charge on any atom is 0.0114 e. The molecule has 0 aromatic carbocycles. The zero-order chi connectivity index (χ0) is 9.94. The zero-order valence-corrected chi connectivity index (χ0v) is 8.94. The summed E-state index contributed by atoms with van der Waals surface area (Å²) >= 11 is 0. The molecule has 1 unspecified atom stereocenters. The largest absolute Gasteiger partial charge is 0.103 e. The van der Waals surface area contributed by atoms with Gasteiger partial charge in [-0.15, -0.1) is 11.8 Å². The van der Waals surface area contributed by atoms with Gasteiger partial charge in [-0.3, -0.25) is 0 Å². The molecule has 0 aliphatic carbocycles. The Labute approximate surface area is 84.1 Å². The van der Waals surface area contributed by atoms with Gasteiger partial charge < -0.3 is 0 Å². The van der Waals surface area contributed by atoms with E-state index in [9.17, 15) is 0 Å². The summed E-state index contributed by atoms with van der Waals surface area (Å²) in [6, 6.07) is 0. The quantitative estimate of drug-likeness (QED) is 0.425. The van der Waals surface area contributed by atoms with Crippen LogP contribution in [0, 0.1) is 31.6 Å². The molecule has 0 nitrogen and oxygen atoms in total. The second-order valence-corrected chi connectivity index (χ2v) is 3.62. The van der Waals surface area contributed by atoms with Crippen LogP contribution in [0.3, 0.4) is 0 Å². The van der Waals surface area contributed by atoms with Gasteiger partial charge >= 0.3 is 0 Å². The van der Waals surface area contributed by atoms with Crippen molar-refractivity contribution in [3.05, 3.63) is 13.8 Å². The zero-order valence-electron chi connectivity index (χ0n) is 8.94. The van der Waals surface area contributed by atoms with E-state index in [1.165, 1.54) is 12.8 Å². The van der Waals surface area contributed by atoms with Crippen molar-refractivity contribution in [1.82, 2.24) is 0 Å². The highest BCUT2D eigenvalue weighted by Crippen LogP contribution is 2.10. The molecule has 0 aromatic heterocycles. The minimum atomic E-state index is 0.744. The number of hydrogen-bond acceptors (Lipinski definition) is 0. The predicted octanol–water partition coefficient (Wildman–Crippen LogP) is 4.02. The minimum absolute atomic E-state index is 0.744. The van der Waals surface area contributed by atoms with Crippen molar-refractivity contribution in [2.24, 2.45) is 5.92 Å². The summed E-state index contributed by atoms with van der Waals surface area (Å²) in [5.41, 5.74) is 0. The third-order valence-corrected chi connectivity index (χ3v) is 2.07. The molecule has 0 heterocycles. The Kier molecular flexibility index (Phi) is 9.32. The molecule has 0 N–H and O–H groups in total. The third kappa shape index (κ3) is 9.47. The molecular weight excluding hydrogens is 156 g/mol. The standard InChI is InChI=1S/C13H22/c1-4-6-8-9-10-12-13(3)11-7-5-2/h13H,1-2,4-8,11-12H2,3H3. The maximum atomic E-state index is 3.84. The molecular formula is C13H22. The summed E-state index contributed by atoms with van der Waals surface area (Å²) in [6.07, 6.45) is 7.78. The Morgan fingerprint density at radius 1 is 1.08 bits per heavy atom. The van der Waals surface area contributed by atoms with E-state index in [2.05, 4.69) is 32.6 Å². The summed E-state index contributed by atoms with van der Waals surface area (Å²) < 4.78 is 0. The van der Waals surface area contributed by atoms with Gasteiger partial charge in [-0.1, -0.05) is 40.0 Å². The Balaban J connectivity index is 3.31. The van der Waals surface area contributed by atoms with Gasteiger partial charge in [0.25, 0.3) is 0 Å².